The molecule has 3 heterocycles. The van der Waals surface area contributed by atoms with E-state index in [0.29, 0.717) is 6.54 Å². The van der Waals surface area contributed by atoms with E-state index in [0.717, 1.165) is 57.4 Å². The van der Waals surface area contributed by atoms with E-state index in [1.165, 1.54) is 16.1 Å². The van der Waals surface area contributed by atoms with Gasteiger partial charge in [-0.1, -0.05) is 6.07 Å². The van der Waals surface area contributed by atoms with Crippen LogP contribution < -0.4 is 15.0 Å². The van der Waals surface area contributed by atoms with Crippen molar-refractivity contribution in [2.75, 3.05) is 57.8 Å². The zero-order valence-electron chi connectivity index (χ0n) is 18.7. The molecular formula is C23H32IN5O2S. The number of piperazine rings is 1. The number of nitrogens with one attached hydrogen (secondary N) is 1. The second kappa shape index (κ2) is 11.7. The number of amides is 1. The Morgan fingerprint density at radius 1 is 1.16 bits per heavy atom. The van der Waals surface area contributed by atoms with Gasteiger partial charge in [-0.2, -0.15) is 0 Å². The highest BCUT2D eigenvalue weighted by atomic mass is 127. The Hall–Kier alpha value is -2.01. The summed E-state index contributed by atoms with van der Waals surface area (Å²) in [5.41, 5.74) is 2.46. The van der Waals surface area contributed by atoms with Crippen LogP contribution in [0.3, 0.4) is 0 Å². The maximum absolute atomic E-state index is 12.8. The summed E-state index contributed by atoms with van der Waals surface area (Å²) in [6, 6.07) is 10.3. The Bertz CT molecular complexity index is 927. The molecule has 1 aromatic heterocycles. The van der Waals surface area contributed by atoms with Crippen molar-refractivity contribution in [3.05, 3.63) is 46.2 Å². The van der Waals surface area contributed by atoms with Gasteiger partial charge in [0.2, 0.25) is 5.91 Å². The molecule has 32 heavy (non-hydrogen) atoms. The molecule has 1 fully saturated rings. The summed E-state index contributed by atoms with van der Waals surface area (Å²) >= 11 is 1.79. The second-order valence-electron chi connectivity index (χ2n) is 7.78. The van der Waals surface area contributed by atoms with Crippen LogP contribution >= 0.6 is 35.3 Å². The third kappa shape index (κ3) is 5.86. The van der Waals surface area contributed by atoms with Gasteiger partial charge in [0.15, 0.2) is 5.96 Å². The molecule has 2 aliphatic heterocycles. The first-order valence-electron chi connectivity index (χ1n) is 10.9. The van der Waals surface area contributed by atoms with Crippen molar-refractivity contribution >= 4 is 52.9 Å². The predicted molar refractivity (Wildman–Crippen MR) is 142 cm³/mol. The van der Waals surface area contributed by atoms with E-state index in [1.54, 1.807) is 18.4 Å². The number of ether oxygens (including phenoxy) is 1. The predicted octanol–water partition coefficient (Wildman–Crippen LogP) is 3.05. The van der Waals surface area contributed by atoms with Gasteiger partial charge in [0.05, 0.1) is 7.11 Å². The van der Waals surface area contributed by atoms with Crippen LogP contribution in [-0.2, 0) is 17.8 Å². The molecule has 174 valence electrons. The first-order chi connectivity index (χ1) is 15.2. The van der Waals surface area contributed by atoms with Crippen LogP contribution in [-0.4, -0.2) is 74.6 Å². The first kappa shape index (κ1) is 24.6. The summed E-state index contributed by atoms with van der Waals surface area (Å²) < 4.78 is 5.35. The fourth-order valence-corrected chi connectivity index (χ4v) is 5.00. The lowest BCUT2D eigenvalue weighted by molar-refractivity contribution is -0.130. The summed E-state index contributed by atoms with van der Waals surface area (Å²) in [6.07, 6.45) is 0.953. The number of hydrogen-bond acceptors (Lipinski definition) is 5. The number of guanidine groups is 1. The van der Waals surface area contributed by atoms with Gasteiger partial charge >= 0.3 is 0 Å². The van der Waals surface area contributed by atoms with Crippen molar-refractivity contribution in [1.82, 2.24) is 15.1 Å². The number of benzene rings is 1. The quantitative estimate of drug-likeness (QED) is 0.341. The molecule has 7 nitrogen and oxygen atoms in total. The average molecular weight is 570 g/mol. The van der Waals surface area contributed by atoms with Crippen LogP contribution in [0.2, 0.25) is 0 Å². The maximum Gasteiger partial charge on any atom is 0.244 e. The van der Waals surface area contributed by atoms with Crippen molar-refractivity contribution in [3.8, 4) is 5.75 Å². The van der Waals surface area contributed by atoms with Gasteiger partial charge < -0.3 is 24.8 Å². The van der Waals surface area contributed by atoms with Crippen molar-refractivity contribution in [2.45, 2.75) is 19.9 Å². The fourth-order valence-electron chi connectivity index (χ4n) is 4.11. The van der Waals surface area contributed by atoms with Crippen LogP contribution in [0.1, 0.15) is 17.4 Å². The van der Waals surface area contributed by atoms with Crippen LogP contribution in [0.15, 0.2) is 40.7 Å². The minimum Gasteiger partial charge on any atom is -0.497 e. The zero-order chi connectivity index (χ0) is 21.6. The Balaban J connectivity index is 0.00000289. The first-order valence-corrected chi connectivity index (χ1v) is 11.8. The van der Waals surface area contributed by atoms with Crippen molar-refractivity contribution in [1.29, 1.82) is 0 Å². The van der Waals surface area contributed by atoms with E-state index in [-0.39, 0.29) is 36.4 Å². The molecular weight excluding hydrogens is 537 g/mol. The van der Waals surface area contributed by atoms with E-state index in [1.807, 2.05) is 17.0 Å². The van der Waals surface area contributed by atoms with Gasteiger partial charge in [0, 0.05) is 62.4 Å². The second-order valence-corrected chi connectivity index (χ2v) is 8.78. The lowest BCUT2D eigenvalue weighted by Crippen LogP contribution is -2.52. The Morgan fingerprint density at radius 2 is 1.97 bits per heavy atom. The molecule has 0 saturated carbocycles. The number of halogens is 1. The van der Waals surface area contributed by atoms with Crippen LogP contribution in [0.5, 0.6) is 5.75 Å². The molecule has 1 saturated heterocycles. The standard InChI is InChI=1S/C23H31N5O2S.HI/c1-3-24-23(25-16-22(29)28-9-7-21-18(17-28)8-14-31-21)27-12-10-26(11-13-27)19-5-4-6-20(15-19)30-2;/h4-6,8,14-15H,3,7,9-13,16-17H2,1-2H3,(H,24,25);1H. The molecule has 1 N–H and O–H groups in total. The molecule has 0 spiro atoms. The van der Waals surface area contributed by atoms with E-state index >= 15 is 0 Å². The SMILES string of the molecule is CCNC(=NCC(=O)N1CCc2sccc2C1)N1CCN(c2cccc(OC)c2)CC1.I. The highest BCUT2D eigenvalue weighted by Crippen LogP contribution is 2.24. The Labute approximate surface area is 211 Å². The number of thiophene rings is 1. The van der Waals surface area contributed by atoms with Gasteiger partial charge in [-0.05, 0) is 42.5 Å². The monoisotopic (exact) mass is 569 g/mol. The zero-order valence-corrected chi connectivity index (χ0v) is 21.9. The van der Waals surface area contributed by atoms with Gasteiger partial charge in [-0.15, -0.1) is 35.3 Å². The van der Waals surface area contributed by atoms with Gasteiger partial charge in [0.25, 0.3) is 0 Å². The number of aliphatic imine (C=N–C) groups is 1. The van der Waals surface area contributed by atoms with E-state index < -0.39 is 0 Å². The Morgan fingerprint density at radius 3 is 2.72 bits per heavy atom. The normalized spacial score (nSPS) is 16.3. The lowest BCUT2D eigenvalue weighted by atomic mass is 10.1. The van der Waals surface area contributed by atoms with Gasteiger partial charge in [0.1, 0.15) is 12.3 Å². The van der Waals surface area contributed by atoms with Crippen molar-refractivity contribution in [2.24, 2.45) is 4.99 Å². The summed E-state index contributed by atoms with van der Waals surface area (Å²) in [5.74, 6) is 1.80. The highest BCUT2D eigenvalue weighted by Gasteiger charge is 2.23. The maximum atomic E-state index is 12.8. The summed E-state index contributed by atoms with van der Waals surface area (Å²) in [6.45, 7) is 8.06. The minimum atomic E-state index is 0. The van der Waals surface area contributed by atoms with E-state index in [9.17, 15) is 4.79 Å². The number of hydrogen-bond donors (Lipinski definition) is 1. The Kier molecular flexibility index (Phi) is 9.03. The number of anilines is 1. The number of nitrogens with zero attached hydrogens (tertiary/aromatic N) is 4. The number of carbonyl (C=O) groups excluding carboxylic acids is 1. The molecule has 0 atom stereocenters. The lowest BCUT2D eigenvalue weighted by Gasteiger charge is -2.37. The summed E-state index contributed by atoms with van der Waals surface area (Å²) in [5, 5.41) is 5.48. The molecule has 4 rings (SSSR count). The third-order valence-corrected chi connectivity index (χ3v) is 6.88. The molecule has 9 heteroatoms. The topological polar surface area (TPSA) is 60.4 Å². The third-order valence-electron chi connectivity index (χ3n) is 5.86. The molecule has 0 unspecified atom stereocenters. The van der Waals surface area contributed by atoms with Gasteiger partial charge in [-0.3, -0.25) is 4.79 Å². The number of rotatable bonds is 5. The molecule has 2 aliphatic rings. The molecule has 0 radical (unpaired) electrons. The molecule has 1 amide bonds. The highest BCUT2D eigenvalue weighted by molar-refractivity contribution is 14.0. The summed E-state index contributed by atoms with van der Waals surface area (Å²) in [4.78, 5) is 25.4. The smallest absolute Gasteiger partial charge is 0.244 e. The van der Waals surface area contributed by atoms with Crippen molar-refractivity contribution < 1.29 is 9.53 Å². The molecule has 0 aliphatic carbocycles. The van der Waals surface area contributed by atoms with Crippen LogP contribution in [0.4, 0.5) is 5.69 Å². The molecule has 0 bridgehead atoms. The minimum absolute atomic E-state index is 0. The molecule has 2 aromatic rings. The average Bonchev–Trinajstić information content (AvgIpc) is 3.30. The van der Waals surface area contributed by atoms with Crippen LogP contribution in [0, 0.1) is 0 Å². The van der Waals surface area contributed by atoms with Crippen molar-refractivity contribution in [3.63, 3.8) is 0 Å². The number of fused-ring (bicyclic) bond motifs is 1. The summed E-state index contributed by atoms with van der Waals surface area (Å²) in [7, 11) is 1.70. The van der Waals surface area contributed by atoms with Crippen LogP contribution in [0.25, 0.3) is 0 Å². The van der Waals surface area contributed by atoms with E-state index in [2.05, 4.69) is 50.6 Å². The largest absolute Gasteiger partial charge is 0.497 e. The number of methoxy groups -OCH3 is 1. The number of carbonyl (C=O) groups is 1. The molecule has 1 aromatic carbocycles. The van der Waals surface area contributed by atoms with Gasteiger partial charge in [-0.25, -0.2) is 4.99 Å². The van der Waals surface area contributed by atoms with E-state index in [4.69, 9.17) is 4.74 Å². The fraction of sp³-hybridized carbons (Fsp3) is 0.478.